The molecule has 0 saturated carbocycles. The van der Waals surface area contributed by atoms with Crippen LogP contribution in [0.15, 0.2) is 0 Å². The second-order valence-electron chi connectivity index (χ2n) is 1.82. The molecular weight excluding hydrogens is 136 g/mol. The summed E-state index contributed by atoms with van der Waals surface area (Å²) in [6.07, 6.45) is -0.712. The highest BCUT2D eigenvalue weighted by molar-refractivity contribution is 5.74. The minimum absolute atomic E-state index is 0.0457. The van der Waals surface area contributed by atoms with Gasteiger partial charge in [-0.2, -0.15) is 0 Å². The van der Waals surface area contributed by atoms with Crippen LogP contribution in [0.4, 0.5) is 0 Å². The van der Waals surface area contributed by atoms with Gasteiger partial charge < -0.3 is 14.9 Å². The van der Waals surface area contributed by atoms with Crippen molar-refractivity contribution < 1.29 is 19.7 Å². The predicted octanol–water partition coefficient (Wildman–Crippen LogP) is -0.707. The Labute approximate surface area is 59.4 Å². The third-order valence-corrected chi connectivity index (χ3v) is 0.994. The van der Waals surface area contributed by atoms with Gasteiger partial charge in [0.1, 0.15) is 6.61 Å². The lowest BCUT2D eigenvalue weighted by Crippen LogP contribution is -2.23. The number of ether oxygens (including phenoxy) is 1. The summed E-state index contributed by atoms with van der Waals surface area (Å²) in [6, 6.07) is 0. The van der Waals surface area contributed by atoms with Crippen molar-refractivity contribution in [1.29, 1.82) is 0 Å². The molecule has 0 fully saturated rings. The lowest BCUT2D eigenvalue weighted by Gasteiger charge is -2.05. The SMILES string of the molecule is CCC(O)C(=O)OCCO. The van der Waals surface area contributed by atoms with Crippen LogP contribution in [0.2, 0.25) is 0 Å². The van der Waals surface area contributed by atoms with Crippen LogP contribution < -0.4 is 0 Å². The van der Waals surface area contributed by atoms with Gasteiger partial charge in [0, 0.05) is 0 Å². The molecule has 0 aliphatic carbocycles. The number of carbonyl (C=O) groups is 1. The van der Waals surface area contributed by atoms with Gasteiger partial charge in [0.2, 0.25) is 0 Å². The van der Waals surface area contributed by atoms with E-state index < -0.39 is 12.1 Å². The van der Waals surface area contributed by atoms with Crippen molar-refractivity contribution in [3.63, 3.8) is 0 Å². The van der Waals surface area contributed by atoms with Gasteiger partial charge in [0.05, 0.1) is 6.61 Å². The Morgan fingerprint density at radius 2 is 2.30 bits per heavy atom. The van der Waals surface area contributed by atoms with Crippen LogP contribution in [0.1, 0.15) is 13.3 Å². The minimum atomic E-state index is -1.05. The molecule has 0 aromatic heterocycles. The molecule has 0 rings (SSSR count). The van der Waals surface area contributed by atoms with E-state index in [2.05, 4.69) is 4.74 Å². The van der Waals surface area contributed by atoms with Gasteiger partial charge in [-0.15, -0.1) is 0 Å². The molecular formula is C6H12O4. The zero-order valence-electron chi connectivity index (χ0n) is 5.91. The summed E-state index contributed by atoms with van der Waals surface area (Å²) in [5.41, 5.74) is 0. The summed E-state index contributed by atoms with van der Waals surface area (Å²) < 4.78 is 4.40. The lowest BCUT2D eigenvalue weighted by molar-refractivity contribution is -0.154. The molecule has 0 heterocycles. The Morgan fingerprint density at radius 1 is 1.70 bits per heavy atom. The fraction of sp³-hybridized carbons (Fsp3) is 0.833. The first-order chi connectivity index (χ1) is 4.72. The van der Waals surface area contributed by atoms with Crippen LogP contribution in [-0.4, -0.2) is 35.5 Å². The van der Waals surface area contributed by atoms with Gasteiger partial charge in [-0.1, -0.05) is 6.92 Å². The highest BCUT2D eigenvalue weighted by atomic mass is 16.6. The summed E-state index contributed by atoms with van der Waals surface area (Å²) in [7, 11) is 0. The van der Waals surface area contributed by atoms with Crippen molar-refractivity contribution in [2.75, 3.05) is 13.2 Å². The van der Waals surface area contributed by atoms with Crippen molar-refractivity contribution in [2.24, 2.45) is 0 Å². The number of hydrogen-bond acceptors (Lipinski definition) is 4. The second-order valence-corrected chi connectivity index (χ2v) is 1.82. The Hall–Kier alpha value is -0.610. The average Bonchev–Trinajstić information content (AvgIpc) is 1.98. The molecule has 1 unspecified atom stereocenters. The van der Waals surface area contributed by atoms with Gasteiger partial charge in [-0.25, -0.2) is 4.79 Å². The number of esters is 1. The molecule has 60 valence electrons. The van der Waals surface area contributed by atoms with Crippen molar-refractivity contribution >= 4 is 5.97 Å². The minimum Gasteiger partial charge on any atom is -0.461 e. The highest BCUT2D eigenvalue weighted by Crippen LogP contribution is 1.92. The quantitative estimate of drug-likeness (QED) is 0.517. The Bertz CT molecular complexity index is 102. The maximum Gasteiger partial charge on any atom is 0.335 e. The molecule has 10 heavy (non-hydrogen) atoms. The summed E-state index contributed by atoms with van der Waals surface area (Å²) >= 11 is 0. The molecule has 0 saturated heterocycles. The monoisotopic (exact) mass is 148 g/mol. The normalized spacial score (nSPS) is 12.7. The molecule has 4 heteroatoms. The van der Waals surface area contributed by atoms with E-state index in [0.29, 0.717) is 6.42 Å². The molecule has 2 N–H and O–H groups in total. The number of hydrogen-bond donors (Lipinski definition) is 2. The average molecular weight is 148 g/mol. The maximum absolute atomic E-state index is 10.5. The van der Waals surface area contributed by atoms with Gasteiger partial charge in [-0.05, 0) is 6.42 Å². The predicted molar refractivity (Wildman–Crippen MR) is 34.3 cm³/mol. The Kier molecular flexibility index (Phi) is 4.88. The van der Waals surface area contributed by atoms with Crippen LogP contribution in [0, 0.1) is 0 Å². The smallest absolute Gasteiger partial charge is 0.335 e. The molecule has 0 aliphatic heterocycles. The van der Waals surface area contributed by atoms with Crippen molar-refractivity contribution in [3.8, 4) is 0 Å². The van der Waals surface area contributed by atoms with Crippen LogP contribution >= 0.6 is 0 Å². The summed E-state index contributed by atoms with van der Waals surface area (Å²) in [6.45, 7) is 1.42. The van der Waals surface area contributed by atoms with Crippen LogP contribution in [-0.2, 0) is 9.53 Å². The summed E-state index contributed by atoms with van der Waals surface area (Å²) in [5, 5.41) is 17.0. The van der Waals surface area contributed by atoms with E-state index in [1.165, 1.54) is 0 Å². The zero-order chi connectivity index (χ0) is 7.98. The van der Waals surface area contributed by atoms with E-state index in [9.17, 15) is 4.79 Å². The Balaban J connectivity index is 3.42. The van der Waals surface area contributed by atoms with Crippen molar-refractivity contribution in [3.05, 3.63) is 0 Å². The zero-order valence-corrected chi connectivity index (χ0v) is 5.91. The number of carbonyl (C=O) groups excluding carboxylic acids is 1. The topological polar surface area (TPSA) is 66.8 Å². The van der Waals surface area contributed by atoms with E-state index in [0.717, 1.165) is 0 Å². The molecule has 0 aromatic carbocycles. The van der Waals surface area contributed by atoms with Gasteiger partial charge in [-0.3, -0.25) is 0 Å². The van der Waals surface area contributed by atoms with Crippen molar-refractivity contribution in [1.82, 2.24) is 0 Å². The number of rotatable bonds is 4. The van der Waals surface area contributed by atoms with E-state index in [1.807, 2.05) is 0 Å². The van der Waals surface area contributed by atoms with Crippen molar-refractivity contribution in [2.45, 2.75) is 19.4 Å². The standard InChI is InChI=1S/C6H12O4/c1-2-5(8)6(9)10-4-3-7/h5,7-8H,2-4H2,1H3. The van der Waals surface area contributed by atoms with Crippen LogP contribution in [0.25, 0.3) is 0 Å². The summed E-state index contributed by atoms with van der Waals surface area (Å²) in [5.74, 6) is -0.670. The lowest BCUT2D eigenvalue weighted by atomic mass is 10.3. The number of aliphatic hydroxyl groups excluding tert-OH is 2. The van der Waals surface area contributed by atoms with E-state index in [4.69, 9.17) is 10.2 Å². The molecule has 0 spiro atoms. The second kappa shape index (κ2) is 5.20. The first-order valence-electron chi connectivity index (χ1n) is 3.18. The Morgan fingerprint density at radius 3 is 2.70 bits per heavy atom. The van der Waals surface area contributed by atoms with Gasteiger partial charge in [0.15, 0.2) is 6.10 Å². The molecule has 0 aromatic rings. The molecule has 1 atom stereocenters. The van der Waals surface area contributed by atoms with Gasteiger partial charge in [0.25, 0.3) is 0 Å². The molecule has 4 nitrogen and oxygen atoms in total. The third kappa shape index (κ3) is 3.42. The van der Waals surface area contributed by atoms with E-state index in [-0.39, 0.29) is 13.2 Å². The third-order valence-electron chi connectivity index (χ3n) is 0.994. The van der Waals surface area contributed by atoms with E-state index >= 15 is 0 Å². The number of aliphatic hydroxyl groups is 2. The largest absolute Gasteiger partial charge is 0.461 e. The first-order valence-corrected chi connectivity index (χ1v) is 3.18. The maximum atomic E-state index is 10.5. The van der Waals surface area contributed by atoms with Crippen LogP contribution in [0.3, 0.4) is 0 Å². The summed E-state index contributed by atoms with van der Waals surface area (Å²) in [4.78, 5) is 10.5. The van der Waals surface area contributed by atoms with E-state index in [1.54, 1.807) is 6.92 Å². The first kappa shape index (κ1) is 9.39. The fourth-order valence-corrected chi connectivity index (χ4v) is 0.409. The highest BCUT2D eigenvalue weighted by Gasteiger charge is 2.12. The molecule has 0 amide bonds. The van der Waals surface area contributed by atoms with Crippen LogP contribution in [0.5, 0.6) is 0 Å². The fourth-order valence-electron chi connectivity index (χ4n) is 0.409. The van der Waals surface area contributed by atoms with Gasteiger partial charge >= 0.3 is 5.97 Å². The molecule has 0 aliphatic rings. The molecule has 0 radical (unpaired) electrons. The molecule has 0 bridgehead atoms.